The molecule has 0 spiro atoms. The standard InChI is InChI=1S/C9H16N2O2/c1-9(2,8(10)13)5-7(12)11-6-3-4-6/h6H,3-5H2,1-2H3,(H2,10,13)(H,11,12). The van der Waals surface area contributed by atoms with E-state index in [2.05, 4.69) is 5.32 Å². The zero-order valence-corrected chi connectivity index (χ0v) is 8.09. The van der Waals surface area contributed by atoms with Crippen molar-refractivity contribution in [1.29, 1.82) is 0 Å². The van der Waals surface area contributed by atoms with Crippen molar-refractivity contribution in [3.8, 4) is 0 Å². The molecule has 13 heavy (non-hydrogen) atoms. The van der Waals surface area contributed by atoms with Gasteiger partial charge in [-0.3, -0.25) is 9.59 Å². The number of nitrogens with one attached hydrogen (secondary N) is 1. The molecule has 0 unspecified atom stereocenters. The second-order valence-electron chi connectivity index (χ2n) is 4.27. The molecule has 0 aromatic heterocycles. The molecule has 0 saturated heterocycles. The number of amides is 2. The van der Waals surface area contributed by atoms with Crippen LogP contribution in [0.2, 0.25) is 0 Å². The molecule has 1 aliphatic rings. The highest BCUT2D eigenvalue weighted by Gasteiger charge is 2.30. The van der Waals surface area contributed by atoms with E-state index in [1.165, 1.54) is 0 Å². The van der Waals surface area contributed by atoms with Crippen LogP contribution in [0.5, 0.6) is 0 Å². The Balaban J connectivity index is 2.36. The van der Waals surface area contributed by atoms with Gasteiger partial charge in [0.2, 0.25) is 11.8 Å². The number of nitrogens with two attached hydrogens (primary N) is 1. The van der Waals surface area contributed by atoms with Crippen LogP contribution in [0.1, 0.15) is 33.1 Å². The Hall–Kier alpha value is -1.06. The third-order valence-electron chi connectivity index (χ3n) is 2.21. The molecule has 4 nitrogen and oxygen atoms in total. The Kier molecular flexibility index (Phi) is 2.59. The molecule has 2 amide bonds. The van der Waals surface area contributed by atoms with Crippen molar-refractivity contribution in [2.75, 3.05) is 0 Å². The van der Waals surface area contributed by atoms with Crippen molar-refractivity contribution in [3.63, 3.8) is 0 Å². The summed E-state index contributed by atoms with van der Waals surface area (Å²) in [6.07, 6.45) is 2.30. The summed E-state index contributed by atoms with van der Waals surface area (Å²) in [7, 11) is 0. The third-order valence-corrected chi connectivity index (χ3v) is 2.21. The first kappa shape index (κ1) is 10.0. The summed E-state index contributed by atoms with van der Waals surface area (Å²) in [5.74, 6) is -0.509. The molecule has 0 aromatic carbocycles. The Morgan fingerprint density at radius 1 is 1.46 bits per heavy atom. The summed E-state index contributed by atoms with van der Waals surface area (Å²) in [6, 6.07) is 0.344. The van der Waals surface area contributed by atoms with Gasteiger partial charge in [0.25, 0.3) is 0 Å². The van der Waals surface area contributed by atoms with Gasteiger partial charge in [-0.05, 0) is 12.8 Å². The molecule has 0 atom stereocenters. The van der Waals surface area contributed by atoms with E-state index in [1.807, 2.05) is 0 Å². The molecule has 74 valence electrons. The normalized spacial score (nSPS) is 16.8. The molecule has 1 fully saturated rings. The summed E-state index contributed by atoms with van der Waals surface area (Å²) in [5, 5.41) is 2.82. The lowest BCUT2D eigenvalue weighted by molar-refractivity contribution is -0.132. The molecule has 0 heterocycles. The summed E-state index contributed by atoms with van der Waals surface area (Å²) >= 11 is 0. The maximum absolute atomic E-state index is 11.3. The Morgan fingerprint density at radius 3 is 2.38 bits per heavy atom. The van der Waals surface area contributed by atoms with Gasteiger partial charge in [-0.1, -0.05) is 13.8 Å². The summed E-state index contributed by atoms with van der Waals surface area (Å²) in [4.78, 5) is 22.2. The first-order chi connectivity index (χ1) is 5.92. The fourth-order valence-electron chi connectivity index (χ4n) is 0.995. The minimum atomic E-state index is -0.737. The van der Waals surface area contributed by atoms with Gasteiger partial charge >= 0.3 is 0 Å². The van der Waals surface area contributed by atoms with Gasteiger partial charge in [0, 0.05) is 12.5 Å². The van der Waals surface area contributed by atoms with Gasteiger partial charge in [0.1, 0.15) is 0 Å². The fraction of sp³-hybridized carbons (Fsp3) is 0.778. The number of carbonyl (C=O) groups excluding carboxylic acids is 2. The van der Waals surface area contributed by atoms with E-state index in [-0.39, 0.29) is 12.3 Å². The van der Waals surface area contributed by atoms with Crippen LogP contribution in [0.25, 0.3) is 0 Å². The molecule has 0 aromatic rings. The molecule has 3 N–H and O–H groups in total. The molecule has 4 heteroatoms. The van der Waals surface area contributed by atoms with Crippen LogP contribution < -0.4 is 11.1 Å². The number of rotatable bonds is 4. The summed E-state index contributed by atoms with van der Waals surface area (Å²) < 4.78 is 0. The third kappa shape index (κ3) is 3.05. The SMILES string of the molecule is CC(C)(CC(=O)NC1CC1)C(N)=O. The smallest absolute Gasteiger partial charge is 0.223 e. The van der Waals surface area contributed by atoms with Gasteiger partial charge in [-0.2, -0.15) is 0 Å². The topological polar surface area (TPSA) is 72.2 Å². The maximum Gasteiger partial charge on any atom is 0.223 e. The first-order valence-electron chi connectivity index (χ1n) is 4.51. The molecule has 0 bridgehead atoms. The van der Waals surface area contributed by atoms with Gasteiger partial charge in [0.05, 0.1) is 5.41 Å². The maximum atomic E-state index is 11.3. The second kappa shape index (κ2) is 3.36. The van der Waals surface area contributed by atoms with Crippen LogP contribution >= 0.6 is 0 Å². The molecular weight excluding hydrogens is 168 g/mol. The van der Waals surface area contributed by atoms with Crippen LogP contribution in [0.4, 0.5) is 0 Å². The number of hydrogen-bond donors (Lipinski definition) is 2. The molecule has 1 rings (SSSR count). The van der Waals surface area contributed by atoms with Crippen molar-refractivity contribution in [1.82, 2.24) is 5.32 Å². The highest BCUT2D eigenvalue weighted by Crippen LogP contribution is 2.22. The fourth-order valence-corrected chi connectivity index (χ4v) is 0.995. The van der Waals surface area contributed by atoms with Crippen molar-refractivity contribution >= 4 is 11.8 Å². The van der Waals surface area contributed by atoms with Crippen molar-refractivity contribution in [2.24, 2.45) is 11.1 Å². The van der Waals surface area contributed by atoms with E-state index in [9.17, 15) is 9.59 Å². The van der Waals surface area contributed by atoms with Crippen LogP contribution in [-0.2, 0) is 9.59 Å². The number of hydrogen-bond acceptors (Lipinski definition) is 2. The zero-order valence-electron chi connectivity index (χ0n) is 8.09. The predicted octanol–water partition coefficient (Wildman–Crippen LogP) is 0.167. The van der Waals surface area contributed by atoms with E-state index >= 15 is 0 Å². The van der Waals surface area contributed by atoms with E-state index < -0.39 is 11.3 Å². The lowest BCUT2D eigenvalue weighted by Crippen LogP contribution is -2.37. The number of primary amides is 1. The minimum absolute atomic E-state index is 0.0775. The van der Waals surface area contributed by atoms with Crippen LogP contribution in [0.3, 0.4) is 0 Å². The minimum Gasteiger partial charge on any atom is -0.369 e. The average Bonchev–Trinajstić information content (AvgIpc) is 2.69. The lowest BCUT2D eigenvalue weighted by atomic mass is 9.88. The van der Waals surface area contributed by atoms with E-state index in [4.69, 9.17) is 5.73 Å². The quantitative estimate of drug-likeness (QED) is 0.653. The zero-order chi connectivity index (χ0) is 10.1. The first-order valence-corrected chi connectivity index (χ1v) is 4.51. The monoisotopic (exact) mass is 184 g/mol. The van der Waals surface area contributed by atoms with E-state index in [0.717, 1.165) is 12.8 Å². The van der Waals surface area contributed by atoms with Gasteiger partial charge in [-0.25, -0.2) is 0 Å². The highest BCUT2D eigenvalue weighted by molar-refractivity contribution is 5.87. The van der Waals surface area contributed by atoms with Crippen molar-refractivity contribution in [2.45, 2.75) is 39.2 Å². The largest absolute Gasteiger partial charge is 0.369 e. The van der Waals surface area contributed by atoms with Crippen molar-refractivity contribution in [3.05, 3.63) is 0 Å². The summed E-state index contributed by atoms with van der Waals surface area (Å²) in [6.45, 7) is 3.36. The summed E-state index contributed by atoms with van der Waals surface area (Å²) in [5.41, 5.74) is 4.41. The Bertz CT molecular complexity index is 232. The molecule has 0 aliphatic heterocycles. The average molecular weight is 184 g/mol. The Morgan fingerprint density at radius 2 is 2.00 bits per heavy atom. The van der Waals surface area contributed by atoms with Crippen molar-refractivity contribution < 1.29 is 9.59 Å². The van der Waals surface area contributed by atoms with Gasteiger partial charge in [0.15, 0.2) is 0 Å². The Labute approximate surface area is 77.9 Å². The number of carbonyl (C=O) groups is 2. The molecule has 1 saturated carbocycles. The second-order valence-corrected chi connectivity index (χ2v) is 4.27. The van der Waals surface area contributed by atoms with E-state index in [0.29, 0.717) is 6.04 Å². The van der Waals surface area contributed by atoms with Crippen LogP contribution in [0.15, 0.2) is 0 Å². The lowest BCUT2D eigenvalue weighted by Gasteiger charge is -2.19. The molecule has 0 radical (unpaired) electrons. The van der Waals surface area contributed by atoms with E-state index in [1.54, 1.807) is 13.8 Å². The van der Waals surface area contributed by atoms with Crippen LogP contribution in [-0.4, -0.2) is 17.9 Å². The molecule has 1 aliphatic carbocycles. The van der Waals surface area contributed by atoms with Gasteiger partial charge in [-0.15, -0.1) is 0 Å². The van der Waals surface area contributed by atoms with Crippen LogP contribution in [0, 0.1) is 5.41 Å². The highest BCUT2D eigenvalue weighted by atomic mass is 16.2. The molecular formula is C9H16N2O2. The predicted molar refractivity (Wildman–Crippen MR) is 48.8 cm³/mol. The van der Waals surface area contributed by atoms with Gasteiger partial charge < -0.3 is 11.1 Å².